The van der Waals surface area contributed by atoms with Crippen LogP contribution in [0.4, 0.5) is 0 Å². The summed E-state index contributed by atoms with van der Waals surface area (Å²) in [4.78, 5) is 23.9. The van der Waals surface area contributed by atoms with E-state index in [-0.39, 0.29) is 11.8 Å². The molecule has 1 heterocycles. The van der Waals surface area contributed by atoms with Crippen molar-refractivity contribution in [2.45, 2.75) is 20.1 Å². The number of halogens is 1. The first-order valence-corrected chi connectivity index (χ1v) is 9.74. The maximum atomic E-state index is 12.3. The van der Waals surface area contributed by atoms with Crippen molar-refractivity contribution in [2.24, 2.45) is 5.10 Å². The van der Waals surface area contributed by atoms with Crippen LogP contribution in [0.1, 0.15) is 31.2 Å². The number of amides is 1. The summed E-state index contributed by atoms with van der Waals surface area (Å²) in [6.07, 6.45) is -0.718. The van der Waals surface area contributed by atoms with E-state index in [0.717, 1.165) is 20.8 Å². The average molecular weight is 453 g/mol. The Morgan fingerprint density at radius 1 is 1.07 bits per heavy atom. The molecule has 0 saturated heterocycles. The van der Waals surface area contributed by atoms with Gasteiger partial charge in [-0.2, -0.15) is 5.01 Å². The van der Waals surface area contributed by atoms with Crippen LogP contribution in [-0.2, 0) is 14.3 Å². The molecule has 1 aliphatic heterocycles. The molecular weight excluding hydrogens is 436 g/mol. The predicted octanol–water partition coefficient (Wildman–Crippen LogP) is 4.77. The molecule has 1 amide bonds. The van der Waals surface area contributed by atoms with Crippen molar-refractivity contribution >= 4 is 44.5 Å². The van der Waals surface area contributed by atoms with E-state index in [1.807, 2.05) is 54.6 Å². The minimum atomic E-state index is -0.718. The van der Waals surface area contributed by atoms with Crippen LogP contribution in [0.3, 0.4) is 0 Å². The fourth-order valence-electron chi connectivity index (χ4n) is 3.26. The Morgan fingerprint density at radius 3 is 2.59 bits per heavy atom. The lowest BCUT2D eigenvalue weighted by Gasteiger charge is -2.19. The molecular formula is C22H17BrN2O4. The van der Waals surface area contributed by atoms with E-state index in [0.29, 0.717) is 11.3 Å². The molecule has 7 heteroatoms. The number of fused-ring (bicyclic) bond motifs is 1. The zero-order valence-electron chi connectivity index (χ0n) is 15.8. The van der Waals surface area contributed by atoms with E-state index in [9.17, 15) is 9.59 Å². The first-order chi connectivity index (χ1) is 13.9. The second kappa shape index (κ2) is 7.67. The summed E-state index contributed by atoms with van der Waals surface area (Å²) in [5.41, 5.74) is 1.30. The highest BCUT2D eigenvalue weighted by molar-refractivity contribution is 9.10. The van der Waals surface area contributed by atoms with Crippen LogP contribution in [0.25, 0.3) is 10.8 Å². The first-order valence-electron chi connectivity index (χ1n) is 8.95. The third-order valence-corrected chi connectivity index (χ3v) is 4.95. The summed E-state index contributed by atoms with van der Waals surface area (Å²) < 4.78 is 12.4. The second-order valence-electron chi connectivity index (χ2n) is 6.55. The fourth-order valence-corrected chi connectivity index (χ4v) is 3.67. The molecule has 1 unspecified atom stereocenters. The fraction of sp³-hybridized carbons (Fsp3) is 0.136. The monoisotopic (exact) mass is 452 g/mol. The largest absolute Gasteiger partial charge is 0.446 e. The second-order valence-corrected chi connectivity index (χ2v) is 7.46. The van der Waals surface area contributed by atoms with Gasteiger partial charge in [-0.15, -0.1) is 5.10 Å². The summed E-state index contributed by atoms with van der Waals surface area (Å²) in [7, 11) is 0. The highest BCUT2D eigenvalue weighted by Crippen LogP contribution is 2.36. The smallest absolute Gasteiger partial charge is 0.308 e. The molecule has 0 fully saturated rings. The molecule has 3 aromatic carbocycles. The number of nitrogens with zero attached hydrogens (tertiary/aromatic N) is 2. The van der Waals surface area contributed by atoms with E-state index in [1.165, 1.54) is 18.9 Å². The summed E-state index contributed by atoms with van der Waals surface area (Å²) >= 11 is 3.44. The van der Waals surface area contributed by atoms with Gasteiger partial charge in [-0.05, 0) is 29.0 Å². The van der Waals surface area contributed by atoms with E-state index >= 15 is 0 Å². The van der Waals surface area contributed by atoms with Crippen LogP contribution in [0, 0.1) is 0 Å². The third kappa shape index (κ3) is 3.73. The maximum Gasteiger partial charge on any atom is 0.308 e. The van der Waals surface area contributed by atoms with Crippen LogP contribution in [-0.4, -0.2) is 22.8 Å². The standard InChI is InChI=1S/C22H17BrN2O4/c1-13(26)25-22(16-7-5-8-17(23)12-16)29-21(24-25)20-18-9-4-3-6-15(18)10-11-19(20)28-14(2)27/h3-12,22H,1-2H3. The molecule has 29 heavy (non-hydrogen) atoms. The Balaban J connectivity index is 1.86. The Labute approximate surface area is 175 Å². The summed E-state index contributed by atoms with van der Waals surface area (Å²) in [6.45, 7) is 2.76. The lowest BCUT2D eigenvalue weighted by atomic mass is 10.0. The van der Waals surface area contributed by atoms with Gasteiger partial charge in [0.1, 0.15) is 5.75 Å². The number of esters is 1. The molecule has 0 radical (unpaired) electrons. The zero-order valence-corrected chi connectivity index (χ0v) is 17.3. The maximum absolute atomic E-state index is 12.3. The van der Waals surface area contributed by atoms with Gasteiger partial charge in [0.2, 0.25) is 18.0 Å². The number of ether oxygens (including phenoxy) is 2. The quantitative estimate of drug-likeness (QED) is 0.424. The lowest BCUT2D eigenvalue weighted by molar-refractivity contribution is -0.135. The van der Waals surface area contributed by atoms with Gasteiger partial charge >= 0.3 is 5.97 Å². The Kier molecular flexibility index (Phi) is 5.07. The van der Waals surface area contributed by atoms with Gasteiger partial charge in [0.25, 0.3) is 0 Å². The highest BCUT2D eigenvalue weighted by Gasteiger charge is 2.35. The van der Waals surface area contributed by atoms with Gasteiger partial charge in [0.15, 0.2) is 0 Å². The van der Waals surface area contributed by atoms with Gasteiger partial charge in [-0.1, -0.05) is 58.4 Å². The predicted molar refractivity (Wildman–Crippen MR) is 112 cm³/mol. The topological polar surface area (TPSA) is 68.2 Å². The highest BCUT2D eigenvalue weighted by atomic mass is 79.9. The molecule has 146 valence electrons. The van der Waals surface area contributed by atoms with Gasteiger partial charge in [0.05, 0.1) is 5.56 Å². The van der Waals surface area contributed by atoms with Crippen LogP contribution < -0.4 is 4.74 Å². The molecule has 0 N–H and O–H groups in total. The van der Waals surface area contributed by atoms with Crippen molar-refractivity contribution in [1.82, 2.24) is 5.01 Å². The zero-order chi connectivity index (χ0) is 20.5. The van der Waals surface area contributed by atoms with Gasteiger partial charge in [-0.25, -0.2) is 0 Å². The van der Waals surface area contributed by atoms with Crippen LogP contribution >= 0.6 is 15.9 Å². The Hall–Kier alpha value is -3.19. The van der Waals surface area contributed by atoms with Gasteiger partial charge < -0.3 is 9.47 Å². The molecule has 1 aliphatic rings. The average Bonchev–Trinajstić information content (AvgIpc) is 3.13. The number of carbonyl (C=O) groups is 2. The van der Waals surface area contributed by atoms with Crippen molar-refractivity contribution in [3.05, 3.63) is 76.3 Å². The molecule has 1 atom stereocenters. The van der Waals surface area contributed by atoms with Crippen LogP contribution in [0.5, 0.6) is 5.75 Å². The number of hydrogen-bond donors (Lipinski definition) is 0. The molecule has 0 bridgehead atoms. The lowest BCUT2D eigenvalue weighted by Crippen LogP contribution is -2.25. The first kappa shape index (κ1) is 19.1. The summed E-state index contributed by atoms with van der Waals surface area (Å²) in [5, 5.41) is 7.47. The molecule has 6 nitrogen and oxygen atoms in total. The molecule has 0 spiro atoms. The number of hydrogen-bond acceptors (Lipinski definition) is 5. The van der Waals surface area contributed by atoms with Crippen molar-refractivity contribution in [1.29, 1.82) is 0 Å². The SMILES string of the molecule is CC(=O)Oc1ccc2ccccc2c1C1=NN(C(C)=O)C(c2cccc(Br)c2)O1. The number of benzene rings is 3. The van der Waals surface area contributed by atoms with Crippen molar-refractivity contribution in [3.63, 3.8) is 0 Å². The van der Waals surface area contributed by atoms with Gasteiger partial charge in [-0.3, -0.25) is 9.59 Å². The van der Waals surface area contributed by atoms with E-state index in [4.69, 9.17) is 9.47 Å². The van der Waals surface area contributed by atoms with Crippen LogP contribution in [0.15, 0.2) is 70.2 Å². The summed E-state index contributed by atoms with van der Waals surface area (Å²) in [5.74, 6) is -0.169. The van der Waals surface area contributed by atoms with Gasteiger partial charge in [0, 0.05) is 23.9 Å². The van der Waals surface area contributed by atoms with E-state index < -0.39 is 12.2 Å². The normalized spacial score (nSPS) is 15.8. The summed E-state index contributed by atoms with van der Waals surface area (Å²) in [6, 6.07) is 18.7. The molecule has 4 rings (SSSR count). The molecule has 0 aromatic heterocycles. The van der Waals surface area contributed by atoms with Crippen molar-refractivity contribution in [2.75, 3.05) is 0 Å². The van der Waals surface area contributed by atoms with Crippen molar-refractivity contribution in [3.8, 4) is 5.75 Å². The molecule has 0 aliphatic carbocycles. The third-order valence-electron chi connectivity index (χ3n) is 4.46. The minimum absolute atomic E-state index is 0.221. The molecule has 0 saturated carbocycles. The van der Waals surface area contributed by atoms with E-state index in [2.05, 4.69) is 21.0 Å². The number of hydrazone groups is 1. The molecule has 3 aromatic rings. The number of rotatable bonds is 3. The number of carbonyl (C=O) groups excluding carboxylic acids is 2. The van der Waals surface area contributed by atoms with Crippen LogP contribution in [0.2, 0.25) is 0 Å². The Bertz CT molecular complexity index is 1160. The Morgan fingerprint density at radius 2 is 1.86 bits per heavy atom. The van der Waals surface area contributed by atoms with E-state index in [1.54, 1.807) is 6.07 Å². The van der Waals surface area contributed by atoms with Crippen molar-refractivity contribution < 1.29 is 19.1 Å². The minimum Gasteiger partial charge on any atom is -0.446 e.